The van der Waals surface area contributed by atoms with Gasteiger partial charge in [0.05, 0.1) is 0 Å². The number of hydrogen-bond donors (Lipinski definition) is 0. The van der Waals surface area contributed by atoms with Gasteiger partial charge in [-0.2, -0.15) is 4.39 Å². The minimum atomic E-state index is -1.36. The number of halogens is 4. The van der Waals surface area contributed by atoms with Crippen LogP contribution in [0.25, 0.3) is 11.1 Å². The predicted molar refractivity (Wildman–Crippen MR) is 142 cm³/mol. The molecule has 2 aliphatic carbocycles. The molecule has 5 heteroatoms. The van der Waals surface area contributed by atoms with Crippen molar-refractivity contribution in [2.45, 2.75) is 64.2 Å². The van der Waals surface area contributed by atoms with Crippen LogP contribution in [0.3, 0.4) is 0 Å². The monoisotopic (exact) mass is 518 g/mol. The number of ether oxygens (including phenoxy) is 1. The van der Waals surface area contributed by atoms with Crippen LogP contribution in [0, 0.1) is 77.2 Å². The van der Waals surface area contributed by atoms with Gasteiger partial charge in [0.25, 0.3) is 0 Å². The van der Waals surface area contributed by atoms with E-state index in [2.05, 4.69) is 42.9 Å². The molecule has 0 spiro atoms. The normalized spacial score (nSPS) is 23.1. The molecular weight excluding hydrogens is 488 g/mol. The van der Waals surface area contributed by atoms with Gasteiger partial charge in [-0.05, 0) is 111 Å². The largest absolute Gasteiger partial charge is 0.403 e. The van der Waals surface area contributed by atoms with Gasteiger partial charge in [0.15, 0.2) is 23.2 Å². The Kier molecular flexibility index (Phi) is 9.20. The van der Waals surface area contributed by atoms with Gasteiger partial charge < -0.3 is 4.74 Å². The molecule has 2 aromatic rings. The fourth-order valence-electron chi connectivity index (χ4n) is 6.06. The van der Waals surface area contributed by atoms with Crippen LogP contribution in [0.2, 0.25) is 0 Å². The molecule has 0 radical (unpaired) electrons. The first kappa shape index (κ1) is 27.4. The third-order valence-electron chi connectivity index (χ3n) is 8.02. The average molecular weight is 519 g/mol. The highest BCUT2D eigenvalue weighted by atomic mass is 19.2. The van der Waals surface area contributed by atoms with Crippen molar-refractivity contribution in [2.75, 3.05) is 0 Å². The summed E-state index contributed by atoms with van der Waals surface area (Å²) in [7, 11) is 0. The Bertz CT molecular complexity index is 1350. The van der Waals surface area contributed by atoms with Crippen LogP contribution in [0.15, 0.2) is 36.4 Å². The van der Waals surface area contributed by atoms with E-state index in [1.165, 1.54) is 37.8 Å². The zero-order valence-electron chi connectivity index (χ0n) is 21.4. The number of terminal acetylenes is 1. The summed E-state index contributed by atoms with van der Waals surface area (Å²) < 4.78 is 64.5. The van der Waals surface area contributed by atoms with E-state index in [1.54, 1.807) is 0 Å². The Morgan fingerprint density at radius 2 is 1.34 bits per heavy atom. The molecule has 0 aliphatic heterocycles. The van der Waals surface area contributed by atoms with Gasteiger partial charge >= 0.3 is 0 Å². The van der Waals surface area contributed by atoms with Crippen LogP contribution < -0.4 is 4.74 Å². The molecule has 2 saturated carbocycles. The summed E-state index contributed by atoms with van der Waals surface area (Å²) in [5.41, 5.74) is -0.424. The summed E-state index contributed by atoms with van der Waals surface area (Å²) in [5, 5.41) is 0. The Balaban J connectivity index is 1.44. The molecule has 0 unspecified atom stereocenters. The van der Waals surface area contributed by atoms with E-state index < -0.39 is 34.6 Å². The van der Waals surface area contributed by atoms with E-state index in [0.717, 1.165) is 37.8 Å². The van der Waals surface area contributed by atoms with Crippen molar-refractivity contribution in [1.82, 2.24) is 0 Å². The average Bonchev–Trinajstić information content (AvgIpc) is 2.93. The zero-order chi connectivity index (χ0) is 27.1. The maximum atomic E-state index is 15.2. The molecule has 0 bridgehead atoms. The highest BCUT2D eigenvalue weighted by Gasteiger charge is 2.32. The van der Waals surface area contributed by atoms with Crippen LogP contribution in [-0.4, -0.2) is 0 Å². The molecule has 2 fully saturated rings. The number of hydrogen-bond acceptors (Lipinski definition) is 1. The van der Waals surface area contributed by atoms with Crippen LogP contribution >= 0.6 is 0 Å². The van der Waals surface area contributed by atoms with Crippen molar-refractivity contribution in [2.24, 2.45) is 17.8 Å². The number of allylic oxidation sites excluding steroid dienone is 2. The first-order valence-corrected chi connectivity index (χ1v) is 13.2. The van der Waals surface area contributed by atoms with E-state index in [9.17, 15) is 8.78 Å². The van der Waals surface area contributed by atoms with Gasteiger partial charge in [0.2, 0.25) is 5.82 Å². The van der Waals surface area contributed by atoms with Crippen molar-refractivity contribution >= 4 is 0 Å². The number of benzene rings is 2. The minimum absolute atomic E-state index is 0.0809. The smallest absolute Gasteiger partial charge is 0.203 e. The van der Waals surface area contributed by atoms with E-state index in [0.29, 0.717) is 23.3 Å². The van der Waals surface area contributed by atoms with Gasteiger partial charge in [-0.3, -0.25) is 0 Å². The molecule has 1 nitrogen and oxygen atoms in total. The van der Waals surface area contributed by atoms with Gasteiger partial charge in [-0.25, -0.2) is 13.2 Å². The van der Waals surface area contributed by atoms with Crippen molar-refractivity contribution in [3.8, 4) is 53.1 Å². The molecule has 0 atom stereocenters. The summed E-state index contributed by atoms with van der Waals surface area (Å²) in [6, 6.07) is 5.08. The fourth-order valence-corrected chi connectivity index (χ4v) is 6.06. The standard InChI is InChI=1S/C33H30F4O/c1-3-5-6-7-21-38-29-20-19-28(32(36)33(29)37)27-18-17-26(30(34)31(27)35)25-15-13-24(14-16-25)23-11-9-22(8-4-2)10-12-23/h1,4,8,17-20,22-25H,9-16H2,2H3/b8-4+. The van der Waals surface area contributed by atoms with Gasteiger partial charge in [0, 0.05) is 23.0 Å². The van der Waals surface area contributed by atoms with Crippen LogP contribution in [0.5, 0.6) is 5.75 Å². The van der Waals surface area contributed by atoms with Crippen LogP contribution in [0.4, 0.5) is 17.6 Å². The lowest BCUT2D eigenvalue weighted by Gasteiger charge is -2.37. The summed E-state index contributed by atoms with van der Waals surface area (Å²) in [5.74, 6) is 5.37. The second-order valence-corrected chi connectivity index (χ2v) is 10.1. The zero-order valence-corrected chi connectivity index (χ0v) is 21.4. The first-order valence-electron chi connectivity index (χ1n) is 13.2. The Labute approximate surface area is 222 Å². The highest BCUT2D eigenvalue weighted by molar-refractivity contribution is 5.67. The lowest BCUT2D eigenvalue weighted by atomic mass is 9.68. The quantitative estimate of drug-likeness (QED) is 0.219. The van der Waals surface area contributed by atoms with Crippen molar-refractivity contribution in [3.63, 3.8) is 0 Å². The van der Waals surface area contributed by atoms with Crippen molar-refractivity contribution < 1.29 is 22.3 Å². The molecule has 0 amide bonds. The summed E-state index contributed by atoms with van der Waals surface area (Å²) in [6.45, 7) is 2.07. The molecule has 196 valence electrons. The Morgan fingerprint density at radius 1 is 0.737 bits per heavy atom. The lowest BCUT2D eigenvalue weighted by molar-refractivity contribution is 0.170. The second-order valence-electron chi connectivity index (χ2n) is 10.1. The topological polar surface area (TPSA) is 9.23 Å². The summed E-state index contributed by atoms with van der Waals surface area (Å²) in [4.78, 5) is 0. The predicted octanol–water partition coefficient (Wildman–Crippen LogP) is 8.54. The molecule has 2 aliphatic rings. The Hall–Kier alpha value is -3.62. The van der Waals surface area contributed by atoms with Gasteiger partial charge in [-0.1, -0.05) is 24.3 Å². The first-order chi connectivity index (χ1) is 18.4. The van der Waals surface area contributed by atoms with Crippen LogP contribution in [0.1, 0.15) is 69.8 Å². The van der Waals surface area contributed by atoms with E-state index in [-0.39, 0.29) is 11.5 Å². The minimum Gasteiger partial charge on any atom is -0.403 e. The molecule has 0 saturated heterocycles. The molecule has 38 heavy (non-hydrogen) atoms. The Morgan fingerprint density at radius 3 is 1.97 bits per heavy atom. The molecular formula is C33H30F4O. The van der Waals surface area contributed by atoms with Gasteiger partial charge in [0.1, 0.15) is 6.11 Å². The molecule has 4 rings (SSSR count). The van der Waals surface area contributed by atoms with Gasteiger partial charge in [-0.15, -0.1) is 6.42 Å². The van der Waals surface area contributed by atoms with E-state index >= 15 is 8.78 Å². The van der Waals surface area contributed by atoms with Crippen molar-refractivity contribution in [1.29, 1.82) is 0 Å². The molecule has 2 aromatic carbocycles. The van der Waals surface area contributed by atoms with Crippen molar-refractivity contribution in [3.05, 3.63) is 65.2 Å². The maximum Gasteiger partial charge on any atom is 0.203 e. The van der Waals surface area contributed by atoms with E-state index in [1.807, 2.05) is 5.92 Å². The second kappa shape index (κ2) is 12.8. The summed E-state index contributed by atoms with van der Waals surface area (Å²) >= 11 is 0. The van der Waals surface area contributed by atoms with E-state index in [4.69, 9.17) is 11.2 Å². The number of rotatable bonds is 5. The lowest BCUT2D eigenvalue weighted by Crippen LogP contribution is -2.25. The molecule has 0 aromatic heterocycles. The SMILES string of the molecule is C#CC#CC#COc1ccc(-c2ccc(C3CCC(C4CCC(/C=C/C)CC4)CC3)c(F)c2F)c(F)c1F. The highest BCUT2D eigenvalue weighted by Crippen LogP contribution is 2.45. The molecule has 0 heterocycles. The third kappa shape index (κ3) is 6.09. The maximum absolute atomic E-state index is 15.2. The van der Waals surface area contributed by atoms with Crippen LogP contribution in [-0.2, 0) is 0 Å². The molecule has 0 N–H and O–H groups in total. The fraction of sp³-hybridized carbons (Fsp3) is 0.394. The summed E-state index contributed by atoms with van der Waals surface area (Å²) in [6.07, 6.45) is 20.1. The third-order valence-corrected chi connectivity index (χ3v) is 8.02.